The van der Waals surface area contributed by atoms with E-state index in [0.717, 1.165) is 12.1 Å². The summed E-state index contributed by atoms with van der Waals surface area (Å²) in [5, 5.41) is 2.39. The van der Waals surface area contributed by atoms with Crippen LogP contribution in [0.1, 0.15) is 22.8 Å². The molecule has 0 bridgehead atoms. The summed E-state index contributed by atoms with van der Waals surface area (Å²) in [6.45, 7) is 1.79. The summed E-state index contributed by atoms with van der Waals surface area (Å²) in [4.78, 5) is 11.6. The average Bonchev–Trinajstić information content (AvgIpc) is 2.27. The molecular formula is C11H13F3N2O. The normalized spacial score (nSPS) is 13.2. The number of nitrogens with one attached hydrogen (secondary N) is 1. The van der Waals surface area contributed by atoms with Crippen molar-refractivity contribution in [1.82, 2.24) is 5.32 Å². The van der Waals surface area contributed by atoms with Crippen LogP contribution >= 0.6 is 0 Å². The minimum atomic E-state index is -4.54. The predicted octanol–water partition coefficient (Wildman–Crippen LogP) is 1.78. The first-order valence-electron chi connectivity index (χ1n) is 5.03. The summed E-state index contributed by atoms with van der Waals surface area (Å²) >= 11 is 0. The molecule has 94 valence electrons. The minimum absolute atomic E-state index is 0.167. The van der Waals surface area contributed by atoms with Gasteiger partial charge >= 0.3 is 6.18 Å². The van der Waals surface area contributed by atoms with E-state index in [1.807, 2.05) is 0 Å². The maximum atomic E-state index is 12.6. The van der Waals surface area contributed by atoms with Gasteiger partial charge in [-0.1, -0.05) is 12.1 Å². The molecule has 0 aliphatic carbocycles. The Morgan fingerprint density at radius 3 is 2.53 bits per heavy atom. The van der Waals surface area contributed by atoms with Crippen LogP contribution in [0.5, 0.6) is 0 Å². The molecule has 3 N–H and O–H groups in total. The highest BCUT2D eigenvalue weighted by Gasteiger charge is 2.34. The lowest BCUT2D eigenvalue weighted by molar-refractivity contribution is -0.137. The molecular weight excluding hydrogens is 233 g/mol. The zero-order valence-electron chi connectivity index (χ0n) is 9.21. The van der Waals surface area contributed by atoms with Gasteiger partial charge in [0.2, 0.25) is 0 Å². The third-order valence-electron chi connectivity index (χ3n) is 2.21. The second kappa shape index (κ2) is 5.18. The van der Waals surface area contributed by atoms with Gasteiger partial charge in [-0.2, -0.15) is 13.2 Å². The average molecular weight is 246 g/mol. The number of nitrogens with two attached hydrogens (primary N) is 1. The van der Waals surface area contributed by atoms with Gasteiger partial charge in [-0.3, -0.25) is 4.79 Å². The number of carbonyl (C=O) groups is 1. The van der Waals surface area contributed by atoms with E-state index in [2.05, 4.69) is 5.32 Å². The highest BCUT2D eigenvalue weighted by atomic mass is 19.4. The van der Waals surface area contributed by atoms with Gasteiger partial charge in [0.1, 0.15) is 0 Å². The van der Waals surface area contributed by atoms with Crippen LogP contribution in [-0.2, 0) is 6.18 Å². The lowest BCUT2D eigenvalue weighted by Crippen LogP contribution is -2.38. The van der Waals surface area contributed by atoms with Gasteiger partial charge in [0.15, 0.2) is 0 Å². The van der Waals surface area contributed by atoms with Crippen molar-refractivity contribution in [3.8, 4) is 0 Å². The SMILES string of the molecule is CC(CN)NC(=O)c1ccccc1C(F)(F)F. The Kier molecular flexibility index (Phi) is 4.11. The molecule has 0 aliphatic rings. The maximum Gasteiger partial charge on any atom is 0.417 e. The Balaban J connectivity index is 3.02. The monoisotopic (exact) mass is 246 g/mol. The molecule has 0 saturated carbocycles. The van der Waals surface area contributed by atoms with E-state index in [-0.39, 0.29) is 18.2 Å². The van der Waals surface area contributed by atoms with Gasteiger partial charge in [-0.15, -0.1) is 0 Å². The van der Waals surface area contributed by atoms with E-state index in [9.17, 15) is 18.0 Å². The summed E-state index contributed by atoms with van der Waals surface area (Å²) in [5.41, 5.74) is 3.95. The van der Waals surface area contributed by atoms with Crippen LogP contribution in [-0.4, -0.2) is 18.5 Å². The van der Waals surface area contributed by atoms with Crippen molar-refractivity contribution in [2.75, 3.05) is 6.54 Å². The molecule has 0 radical (unpaired) electrons. The fourth-order valence-electron chi connectivity index (χ4n) is 1.29. The van der Waals surface area contributed by atoms with E-state index < -0.39 is 17.6 Å². The van der Waals surface area contributed by atoms with Crippen LogP contribution in [0.25, 0.3) is 0 Å². The van der Waals surface area contributed by atoms with E-state index in [1.54, 1.807) is 6.92 Å². The molecule has 0 saturated heterocycles. The molecule has 0 heterocycles. The van der Waals surface area contributed by atoms with Crippen LogP contribution in [0.15, 0.2) is 24.3 Å². The molecule has 3 nitrogen and oxygen atoms in total. The van der Waals surface area contributed by atoms with Gasteiger partial charge in [-0.05, 0) is 19.1 Å². The summed E-state index contributed by atoms with van der Waals surface area (Å²) in [6, 6.07) is 4.27. The molecule has 0 spiro atoms. The number of carbonyl (C=O) groups excluding carboxylic acids is 1. The predicted molar refractivity (Wildman–Crippen MR) is 57.4 cm³/mol. The van der Waals surface area contributed by atoms with Gasteiger partial charge < -0.3 is 11.1 Å². The first kappa shape index (κ1) is 13.5. The van der Waals surface area contributed by atoms with Crippen molar-refractivity contribution in [1.29, 1.82) is 0 Å². The highest BCUT2D eigenvalue weighted by molar-refractivity contribution is 5.96. The van der Waals surface area contributed by atoms with Crippen LogP contribution < -0.4 is 11.1 Å². The Hall–Kier alpha value is -1.56. The van der Waals surface area contributed by atoms with Crippen molar-refractivity contribution in [3.63, 3.8) is 0 Å². The standard InChI is InChI=1S/C11H13F3N2O/c1-7(6-15)16-10(17)8-4-2-3-5-9(8)11(12,13)14/h2-5,7H,6,15H2,1H3,(H,16,17). The van der Waals surface area contributed by atoms with Gasteiger partial charge in [0, 0.05) is 12.6 Å². The Morgan fingerprint density at radius 2 is 2.00 bits per heavy atom. The zero-order valence-corrected chi connectivity index (χ0v) is 9.21. The second-order valence-corrected chi connectivity index (χ2v) is 3.65. The van der Waals surface area contributed by atoms with Gasteiger partial charge in [0.25, 0.3) is 5.91 Å². The number of halogens is 3. The Labute approximate surface area is 96.8 Å². The fourth-order valence-corrected chi connectivity index (χ4v) is 1.29. The maximum absolute atomic E-state index is 12.6. The topological polar surface area (TPSA) is 55.1 Å². The third-order valence-corrected chi connectivity index (χ3v) is 2.21. The summed E-state index contributed by atoms with van der Waals surface area (Å²) in [5.74, 6) is -0.768. The lowest BCUT2D eigenvalue weighted by Gasteiger charge is -2.15. The summed E-state index contributed by atoms with van der Waals surface area (Å²) < 4.78 is 37.9. The quantitative estimate of drug-likeness (QED) is 0.854. The first-order valence-corrected chi connectivity index (χ1v) is 5.03. The van der Waals surface area contributed by atoms with E-state index in [4.69, 9.17) is 5.73 Å². The number of amides is 1. The first-order chi connectivity index (χ1) is 7.86. The van der Waals surface area contributed by atoms with Crippen molar-refractivity contribution in [3.05, 3.63) is 35.4 Å². The van der Waals surface area contributed by atoms with Gasteiger partial charge in [0.05, 0.1) is 11.1 Å². The van der Waals surface area contributed by atoms with Crippen LogP contribution in [0.2, 0.25) is 0 Å². The van der Waals surface area contributed by atoms with Crippen molar-refractivity contribution >= 4 is 5.91 Å². The van der Waals surface area contributed by atoms with Crippen molar-refractivity contribution in [2.24, 2.45) is 5.73 Å². The van der Waals surface area contributed by atoms with E-state index in [0.29, 0.717) is 0 Å². The number of benzene rings is 1. The second-order valence-electron chi connectivity index (χ2n) is 3.65. The van der Waals surface area contributed by atoms with Crippen molar-refractivity contribution in [2.45, 2.75) is 19.1 Å². The third kappa shape index (κ3) is 3.45. The molecule has 6 heteroatoms. The number of hydrogen-bond donors (Lipinski definition) is 2. The molecule has 17 heavy (non-hydrogen) atoms. The summed E-state index contributed by atoms with van der Waals surface area (Å²) in [6.07, 6.45) is -4.54. The van der Waals surface area contributed by atoms with Crippen LogP contribution in [0.3, 0.4) is 0 Å². The number of hydrogen-bond acceptors (Lipinski definition) is 2. The molecule has 0 aromatic heterocycles. The Bertz CT molecular complexity index is 404. The summed E-state index contributed by atoms with van der Waals surface area (Å²) in [7, 11) is 0. The van der Waals surface area contributed by atoms with Gasteiger partial charge in [-0.25, -0.2) is 0 Å². The van der Waals surface area contributed by atoms with E-state index >= 15 is 0 Å². The smallest absolute Gasteiger partial charge is 0.348 e. The van der Waals surface area contributed by atoms with Crippen LogP contribution in [0, 0.1) is 0 Å². The largest absolute Gasteiger partial charge is 0.417 e. The fraction of sp³-hybridized carbons (Fsp3) is 0.364. The molecule has 1 aromatic rings. The molecule has 1 unspecified atom stereocenters. The minimum Gasteiger partial charge on any atom is -0.348 e. The number of alkyl halides is 3. The Morgan fingerprint density at radius 1 is 1.41 bits per heavy atom. The molecule has 1 aromatic carbocycles. The zero-order chi connectivity index (χ0) is 13.1. The van der Waals surface area contributed by atoms with Crippen LogP contribution in [0.4, 0.5) is 13.2 Å². The highest BCUT2D eigenvalue weighted by Crippen LogP contribution is 2.31. The molecule has 0 fully saturated rings. The van der Waals surface area contributed by atoms with Crippen molar-refractivity contribution < 1.29 is 18.0 Å². The molecule has 1 atom stereocenters. The molecule has 0 aliphatic heterocycles. The van der Waals surface area contributed by atoms with E-state index in [1.165, 1.54) is 12.1 Å². The molecule has 1 rings (SSSR count). The molecule has 1 amide bonds. The lowest BCUT2D eigenvalue weighted by atomic mass is 10.1. The number of rotatable bonds is 3.